The Morgan fingerprint density at radius 3 is 2.65 bits per heavy atom. The molecule has 1 unspecified atom stereocenters. The van der Waals surface area contributed by atoms with E-state index in [9.17, 15) is 9.59 Å². The summed E-state index contributed by atoms with van der Waals surface area (Å²) in [4.78, 5) is 21.9. The third-order valence-corrected chi connectivity index (χ3v) is 2.40. The Kier molecular flexibility index (Phi) is 5.71. The molecule has 0 bridgehead atoms. The number of nitrogens with zero attached hydrogens (tertiary/aromatic N) is 1. The summed E-state index contributed by atoms with van der Waals surface area (Å²) in [5.41, 5.74) is 2.68. The fourth-order valence-corrected chi connectivity index (χ4v) is 1.50. The van der Waals surface area contributed by atoms with Gasteiger partial charge in [-0.15, -0.1) is 0 Å². The van der Waals surface area contributed by atoms with Crippen LogP contribution in [0.5, 0.6) is 0 Å². The molecule has 0 aliphatic carbocycles. The molecule has 0 aromatic carbocycles. The molecule has 1 heterocycles. The summed E-state index contributed by atoms with van der Waals surface area (Å²) in [6.07, 6.45) is 0.0534. The normalized spacial score (nSPS) is 18.4. The predicted molar refractivity (Wildman–Crippen MR) is 60.3 cm³/mol. The minimum atomic E-state index is -0.854. The maximum atomic E-state index is 11.4. The Balaban J connectivity index is 2.13. The van der Waals surface area contributed by atoms with Crippen molar-refractivity contribution < 1.29 is 19.4 Å². The average Bonchev–Trinajstić information content (AvgIpc) is 2.27. The van der Waals surface area contributed by atoms with Gasteiger partial charge in [0, 0.05) is 26.1 Å². The molecule has 0 saturated carbocycles. The smallest absolute Gasteiger partial charge is 0.329 e. The molecule has 2 amide bonds. The van der Waals surface area contributed by atoms with Gasteiger partial charge >= 0.3 is 12.0 Å². The van der Waals surface area contributed by atoms with E-state index in [2.05, 4.69) is 10.7 Å². The molecule has 1 fully saturated rings. The molecule has 0 aromatic heterocycles. The Labute approximate surface area is 100 Å². The number of carbonyl (C=O) groups excluding carboxylic acids is 1. The van der Waals surface area contributed by atoms with Crippen LogP contribution in [0.25, 0.3) is 0 Å². The molecular formula is C10H19N3O4. The second kappa shape index (κ2) is 7.08. The summed E-state index contributed by atoms with van der Waals surface area (Å²) < 4.78 is 5.14. The van der Waals surface area contributed by atoms with E-state index in [1.54, 1.807) is 11.9 Å². The minimum Gasteiger partial charge on any atom is -0.481 e. The van der Waals surface area contributed by atoms with Gasteiger partial charge in [0.2, 0.25) is 0 Å². The van der Waals surface area contributed by atoms with E-state index >= 15 is 0 Å². The zero-order chi connectivity index (χ0) is 12.7. The Hall–Kier alpha value is -1.34. The second-order valence-corrected chi connectivity index (χ2v) is 4.12. The molecule has 1 saturated heterocycles. The second-order valence-electron chi connectivity index (χ2n) is 4.12. The summed E-state index contributed by atoms with van der Waals surface area (Å²) in [5, 5.41) is 13.0. The highest BCUT2D eigenvalue weighted by Crippen LogP contribution is 1.99. The molecule has 1 rings (SSSR count). The number of hydrazine groups is 1. The van der Waals surface area contributed by atoms with Gasteiger partial charge in [0.25, 0.3) is 0 Å². The van der Waals surface area contributed by atoms with Crippen LogP contribution in [0.1, 0.15) is 13.3 Å². The number of aliphatic carboxylic acids is 1. The van der Waals surface area contributed by atoms with Gasteiger partial charge in [-0.25, -0.2) is 9.80 Å². The van der Waals surface area contributed by atoms with Crippen LogP contribution in [-0.2, 0) is 9.53 Å². The number of hydrogen-bond acceptors (Lipinski definition) is 4. The van der Waals surface area contributed by atoms with E-state index in [1.165, 1.54) is 0 Å². The van der Waals surface area contributed by atoms with Crippen LogP contribution in [0, 0.1) is 5.92 Å². The van der Waals surface area contributed by atoms with Gasteiger partial charge in [0.15, 0.2) is 0 Å². The van der Waals surface area contributed by atoms with E-state index in [-0.39, 0.29) is 18.4 Å². The standard InChI is InChI=1S/C10H19N3O4/c1-8(6-9(14)15)7-11-10(16)12-13-2-4-17-5-3-13/h8H,2-7H2,1H3,(H,14,15)(H2,11,12,16). The molecule has 1 aliphatic rings. The first-order valence-electron chi connectivity index (χ1n) is 5.67. The number of urea groups is 1. The van der Waals surface area contributed by atoms with Crippen molar-refractivity contribution in [1.82, 2.24) is 15.8 Å². The number of nitrogens with one attached hydrogen (secondary N) is 2. The van der Waals surface area contributed by atoms with Crippen molar-refractivity contribution in [3.05, 3.63) is 0 Å². The van der Waals surface area contributed by atoms with Gasteiger partial charge in [-0.2, -0.15) is 0 Å². The molecule has 17 heavy (non-hydrogen) atoms. The summed E-state index contributed by atoms with van der Waals surface area (Å²) >= 11 is 0. The molecule has 0 radical (unpaired) electrons. The van der Waals surface area contributed by atoms with Crippen molar-refractivity contribution in [3.8, 4) is 0 Å². The molecule has 7 heteroatoms. The quantitative estimate of drug-likeness (QED) is 0.615. The van der Waals surface area contributed by atoms with Gasteiger partial charge in [0.1, 0.15) is 0 Å². The van der Waals surface area contributed by atoms with E-state index in [1.807, 2.05) is 0 Å². The lowest BCUT2D eigenvalue weighted by molar-refractivity contribution is -0.137. The highest BCUT2D eigenvalue weighted by Gasteiger charge is 2.14. The molecule has 3 N–H and O–H groups in total. The number of rotatable bonds is 5. The van der Waals surface area contributed by atoms with Gasteiger partial charge in [-0.05, 0) is 5.92 Å². The molecular weight excluding hydrogens is 226 g/mol. The van der Waals surface area contributed by atoms with E-state index < -0.39 is 5.97 Å². The topological polar surface area (TPSA) is 90.9 Å². The Morgan fingerprint density at radius 2 is 2.06 bits per heavy atom. The zero-order valence-electron chi connectivity index (χ0n) is 9.94. The Bertz CT molecular complexity index is 266. The zero-order valence-corrected chi connectivity index (χ0v) is 9.94. The van der Waals surface area contributed by atoms with Crippen molar-refractivity contribution in [2.24, 2.45) is 5.92 Å². The van der Waals surface area contributed by atoms with Crippen LogP contribution in [0.2, 0.25) is 0 Å². The SMILES string of the molecule is CC(CNC(=O)NN1CCOCC1)CC(=O)O. The first kappa shape index (κ1) is 13.7. The summed E-state index contributed by atoms with van der Waals surface area (Å²) in [6, 6.07) is -0.302. The van der Waals surface area contributed by atoms with Gasteiger partial charge in [0.05, 0.1) is 13.2 Å². The number of ether oxygens (including phenoxy) is 1. The summed E-state index contributed by atoms with van der Waals surface area (Å²) in [6.45, 7) is 4.67. The van der Waals surface area contributed by atoms with Crippen LogP contribution in [0.4, 0.5) is 4.79 Å². The van der Waals surface area contributed by atoms with Crippen molar-refractivity contribution >= 4 is 12.0 Å². The van der Waals surface area contributed by atoms with E-state index in [4.69, 9.17) is 9.84 Å². The van der Waals surface area contributed by atoms with E-state index in [0.29, 0.717) is 32.8 Å². The Morgan fingerprint density at radius 1 is 1.41 bits per heavy atom. The number of carboxylic acids is 1. The van der Waals surface area contributed by atoms with Crippen LogP contribution in [0.15, 0.2) is 0 Å². The molecule has 1 aliphatic heterocycles. The lowest BCUT2D eigenvalue weighted by atomic mass is 10.1. The maximum absolute atomic E-state index is 11.4. The lowest BCUT2D eigenvalue weighted by Gasteiger charge is -2.27. The number of morpholine rings is 1. The average molecular weight is 245 g/mol. The monoisotopic (exact) mass is 245 g/mol. The molecule has 0 spiro atoms. The van der Waals surface area contributed by atoms with Crippen molar-refractivity contribution in [1.29, 1.82) is 0 Å². The lowest BCUT2D eigenvalue weighted by Crippen LogP contribution is -2.52. The van der Waals surface area contributed by atoms with Crippen LogP contribution < -0.4 is 10.7 Å². The molecule has 7 nitrogen and oxygen atoms in total. The first-order valence-corrected chi connectivity index (χ1v) is 5.67. The molecule has 98 valence electrons. The van der Waals surface area contributed by atoms with Crippen molar-refractivity contribution in [2.45, 2.75) is 13.3 Å². The molecule has 0 aromatic rings. The highest BCUT2D eigenvalue weighted by molar-refractivity contribution is 5.73. The molecule has 1 atom stereocenters. The van der Waals surface area contributed by atoms with Gasteiger partial charge in [-0.3, -0.25) is 10.2 Å². The summed E-state index contributed by atoms with van der Waals surface area (Å²) in [7, 11) is 0. The third kappa shape index (κ3) is 6.08. The number of hydrogen-bond donors (Lipinski definition) is 3. The van der Waals surface area contributed by atoms with Crippen LogP contribution in [0.3, 0.4) is 0 Å². The van der Waals surface area contributed by atoms with Gasteiger partial charge < -0.3 is 15.2 Å². The summed E-state index contributed by atoms with van der Waals surface area (Å²) in [5.74, 6) is -0.934. The fraction of sp³-hybridized carbons (Fsp3) is 0.800. The largest absolute Gasteiger partial charge is 0.481 e. The fourth-order valence-electron chi connectivity index (χ4n) is 1.50. The van der Waals surface area contributed by atoms with Crippen molar-refractivity contribution in [2.75, 3.05) is 32.8 Å². The minimum absolute atomic E-state index is 0.0534. The number of carbonyl (C=O) groups is 2. The third-order valence-electron chi connectivity index (χ3n) is 2.40. The first-order chi connectivity index (χ1) is 8.08. The predicted octanol–water partition coefficient (Wildman–Crippen LogP) is -0.356. The maximum Gasteiger partial charge on any atom is 0.329 e. The number of carboxylic acid groups (broad SMARTS) is 1. The van der Waals surface area contributed by atoms with Crippen LogP contribution in [-0.4, -0.2) is 55.0 Å². The highest BCUT2D eigenvalue weighted by atomic mass is 16.5. The van der Waals surface area contributed by atoms with E-state index in [0.717, 1.165) is 0 Å². The van der Waals surface area contributed by atoms with Crippen molar-refractivity contribution in [3.63, 3.8) is 0 Å². The van der Waals surface area contributed by atoms with Gasteiger partial charge in [-0.1, -0.05) is 6.92 Å². The van der Waals surface area contributed by atoms with Crippen LogP contribution >= 0.6 is 0 Å². The number of amides is 2.